The number of hydrogen-bond donors (Lipinski definition) is 3. The Morgan fingerprint density at radius 2 is 1.77 bits per heavy atom. The number of aliphatic hydroxyl groups is 1. The topological polar surface area (TPSA) is 79.3 Å². The Labute approximate surface area is 152 Å². The van der Waals surface area contributed by atoms with E-state index in [-0.39, 0.29) is 12.6 Å². The second-order valence-corrected chi connectivity index (χ2v) is 5.88. The molecule has 0 spiro atoms. The highest BCUT2D eigenvalue weighted by atomic mass is 16.5. The van der Waals surface area contributed by atoms with E-state index in [1.54, 1.807) is 7.11 Å². The van der Waals surface area contributed by atoms with Gasteiger partial charge < -0.3 is 20.5 Å². The zero-order valence-corrected chi connectivity index (χ0v) is 14.8. The Morgan fingerprint density at radius 1 is 1.04 bits per heavy atom. The molecule has 1 heterocycles. The molecule has 0 aliphatic carbocycles. The molecule has 0 bridgehead atoms. The van der Waals surface area contributed by atoms with Crippen molar-refractivity contribution in [3.8, 4) is 17.0 Å². The highest BCUT2D eigenvalue weighted by Gasteiger charge is 2.10. The number of aromatic nitrogens is 2. The van der Waals surface area contributed by atoms with Crippen molar-refractivity contribution in [3.63, 3.8) is 0 Å². The molecule has 3 N–H and O–H groups in total. The maximum absolute atomic E-state index is 9.31. The molecule has 3 aromatic rings. The SMILES string of the molecule is COc1ccccc1Nc1cc(-c2ccccc2)nc(N[C@H](C)CO)n1. The van der Waals surface area contributed by atoms with Crippen LogP contribution in [0.5, 0.6) is 5.75 Å². The Balaban J connectivity index is 1.99. The van der Waals surface area contributed by atoms with Crippen LogP contribution in [0.1, 0.15) is 6.92 Å². The van der Waals surface area contributed by atoms with Crippen LogP contribution < -0.4 is 15.4 Å². The maximum Gasteiger partial charge on any atom is 0.225 e. The Hall–Kier alpha value is -3.12. The Morgan fingerprint density at radius 3 is 2.50 bits per heavy atom. The lowest BCUT2D eigenvalue weighted by molar-refractivity contribution is 0.281. The maximum atomic E-state index is 9.31. The van der Waals surface area contributed by atoms with Crippen molar-refractivity contribution >= 4 is 17.5 Å². The summed E-state index contributed by atoms with van der Waals surface area (Å²) < 4.78 is 5.39. The fourth-order valence-corrected chi connectivity index (χ4v) is 2.48. The third-order valence-electron chi connectivity index (χ3n) is 3.81. The lowest BCUT2D eigenvalue weighted by Gasteiger charge is -2.15. The molecular formula is C20H22N4O2. The van der Waals surface area contributed by atoms with Crippen LogP contribution in [-0.2, 0) is 0 Å². The average Bonchev–Trinajstić information content (AvgIpc) is 2.69. The van der Waals surface area contributed by atoms with Gasteiger partial charge in [-0.1, -0.05) is 42.5 Å². The molecule has 2 aromatic carbocycles. The van der Waals surface area contributed by atoms with E-state index in [0.717, 1.165) is 22.7 Å². The third-order valence-corrected chi connectivity index (χ3v) is 3.81. The minimum absolute atomic E-state index is 0.00576. The van der Waals surface area contributed by atoms with Crippen LogP contribution in [0.2, 0.25) is 0 Å². The van der Waals surface area contributed by atoms with Gasteiger partial charge in [-0.3, -0.25) is 0 Å². The molecule has 0 aliphatic rings. The second-order valence-electron chi connectivity index (χ2n) is 5.88. The van der Waals surface area contributed by atoms with Crippen molar-refractivity contribution in [2.75, 3.05) is 24.4 Å². The van der Waals surface area contributed by atoms with Crippen molar-refractivity contribution in [2.24, 2.45) is 0 Å². The van der Waals surface area contributed by atoms with Crippen molar-refractivity contribution in [1.82, 2.24) is 9.97 Å². The van der Waals surface area contributed by atoms with Crippen LogP contribution >= 0.6 is 0 Å². The Kier molecular flexibility index (Phi) is 5.66. The molecule has 134 valence electrons. The van der Waals surface area contributed by atoms with Gasteiger partial charge in [0.2, 0.25) is 5.95 Å². The average molecular weight is 350 g/mol. The second kappa shape index (κ2) is 8.31. The van der Waals surface area contributed by atoms with Crippen LogP contribution in [0.4, 0.5) is 17.5 Å². The predicted octanol–water partition coefficient (Wildman–Crippen LogP) is 3.69. The molecule has 3 rings (SSSR count). The number of ether oxygens (including phenoxy) is 1. The van der Waals surface area contributed by atoms with E-state index in [1.807, 2.05) is 67.6 Å². The van der Waals surface area contributed by atoms with Gasteiger partial charge in [-0.05, 0) is 19.1 Å². The highest BCUT2D eigenvalue weighted by Crippen LogP contribution is 2.28. The monoisotopic (exact) mass is 350 g/mol. The molecule has 0 radical (unpaired) electrons. The number of anilines is 3. The van der Waals surface area contributed by atoms with E-state index in [2.05, 4.69) is 20.6 Å². The standard InChI is InChI=1S/C20H22N4O2/c1-14(13-25)21-20-23-17(15-8-4-3-5-9-15)12-19(24-20)22-16-10-6-7-11-18(16)26-2/h3-12,14,25H,13H2,1-2H3,(H2,21,22,23,24)/t14-/m1/s1. The quantitative estimate of drug-likeness (QED) is 0.603. The van der Waals surface area contributed by atoms with E-state index in [4.69, 9.17) is 4.74 Å². The fourth-order valence-electron chi connectivity index (χ4n) is 2.48. The highest BCUT2D eigenvalue weighted by molar-refractivity contribution is 5.69. The van der Waals surface area contributed by atoms with Gasteiger partial charge in [0.1, 0.15) is 11.6 Å². The number of benzene rings is 2. The number of nitrogens with one attached hydrogen (secondary N) is 2. The number of nitrogens with zero attached hydrogens (tertiary/aromatic N) is 2. The van der Waals surface area contributed by atoms with Gasteiger partial charge in [0.15, 0.2) is 0 Å². The van der Waals surface area contributed by atoms with E-state index in [9.17, 15) is 5.11 Å². The van der Waals surface area contributed by atoms with Crippen LogP contribution in [0.3, 0.4) is 0 Å². The molecular weight excluding hydrogens is 328 g/mol. The molecule has 6 nitrogen and oxygen atoms in total. The Bertz CT molecular complexity index is 855. The first-order valence-electron chi connectivity index (χ1n) is 8.41. The molecule has 0 unspecified atom stereocenters. The first-order valence-corrected chi connectivity index (χ1v) is 8.41. The van der Waals surface area contributed by atoms with Crippen molar-refractivity contribution in [1.29, 1.82) is 0 Å². The summed E-state index contributed by atoms with van der Waals surface area (Å²) in [5.74, 6) is 1.81. The molecule has 0 fully saturated rings. The summed E-state index contributed by atoms with van der Waals surface area (Å²) >= 11 is 0. The summed E-state index contributed by atoms with van der Waals surface area (Å²) in [6.45, 7) is 1.86. The summed E-state index contributed by atoms with van der Waals surface area (Å²) in [5, 5.41) is 15.7. The summed E-state index contributed by atoms with van der Waals surface area (Å²) in [5.41, 5.74) is 2.58. The summed E-state index contributed by atoms with van der Waals surface area (Å²) in [7, 11) is 1.63. The van der Waals surface area contributed by atoms with E-state index in [1.165, 1.54) is 0 Å². The van der Waals surface area contributed by atoms with Crippen LogP contribution in [0.15, 0.2) is 60.7 Å². The number of hydrogen-bond acceptors (Lipinski definition) is 6. The first-order chi connectivity index (χ1) is 12.7. The third kappa shape index (κ3) is 4.29. The van der Waals surface area contributed by atoms with Gasteiger partial charge >= 0.3 is 0 Å². The molecule has 6 heteroatoms. The van der Waals surface area contributed by atoms with E-state index >= 15 is 0 Å². The number of para-hydroxylation sites is 2. The number of aliphatic hydroxyl groups excluding tert-OH is 1. The van der Waals surface area contributed by atoms with Crippen LogP contribution in [0, 0.1) is 0 Å². The van der Waals surface area contributed by atoms with Crippen LogP contribution in [-0.4, -0.2) is 34.8 Å². The minimum Gasteiger partial charge on any atom is -0.495 e. The van der Waals surface area contributed by atoms with Gasteiger partial charge in [0.05, 0.1) is 25.1 Å². The van der Waals surface area contributed by atoms with Crippen molar-refractivity contribution < 1.29 is 9.84 Å². The van der Waals surface area contributed by atoms with E-state index < -0.39 is 0 Å². The van der Waals surface area contributed by atoms with Crippen molar-refractivity contribution in [3.05, 3.63) is 60.7 Å². The number of methoxy groups -OCH3 is 1. The van der Waals surface area contributed by atoms with Gasteiger partial charge in [-0.15, -0.1) is 0 Å². The lowest BCUT2D eigenvalue weighted by atomic mass is 10.1. The van der Waals surface area contributed by atoms with Crippen molar-refractivity contribution in [2.45, 2.75) is 13.0 Å². The minimum atomic E-state index is -0.153. The molecule has 0 saturated heterocycles. The summed E-state index contributed by atoms with van der Waals surface area (Å²) in [6, 6.07) is 19.3. The molecule has 0 saturated carbocycles. The zero-order valence-electron chi connectivity index (χ0n) is 14.8. The molecule has 1 atom stereocenters. The van der Waals surface area contributed by atoms with E-state index in [0.29, 0.717) is 11.8 Å². The van der Waals surface area contributed by atoms with Crippen LogP contribution in [0.25, 0.3) is 11.3 Å². The number of rotatable bonds is 7. The molecule has 26 heavy (non-hydrogen) atoms. The largest absolute Gasteiger partial charge is 0.495 e. The lowest BCUT2D eigenvalue weighted by Crippen LogP contribution is -2.21. The summed E-state index contributed by atoms with van der Waals surface area (Å²) in [6.07, 6.45) is 0. The summed E-state index contributed by atoms with van der Waals surface area (Å²) in [4.78, 5) is 9.09. The molecule has 0 aliphatic heterocycles. The molecule has 1 aromatic heterocycles. The molecule has 0 amide bonds. The zero-order chi connectivity index (χ0) is 18.4. The smallest absolute Gasteiger partial charge is 0.225 e. The van der Waals surface area contributed by atoms with Gasteiger partial charge in [-0.25, -0.2) is 4.98 Å². The predicted molar refractivity (Wildman–Crippen MR) is 104 cm³/mol. The van der Waals surface area contributed by atoms with Gasteiger partial charge in [-0.2, -0.15) is 4.98 Å². The van der Waals surface area contributed by atoms with Gasteiger partial charge in [0.25, 0.3) is 0 Å². The normalized spacial score (nSPS) is 11.7. The van der Waals surface area contributed by atoms with Gasteiger partial charge in [0, 0.05) is 17.7 Å². The first kappa shape index (κ1) is 17.7. The fraction of sp³-hybridized carbons (Fsp3) is 0.200.